The summed E-state index contributed by atoms with van der Waals surface area (Å²) in [5.41, 5.74) is -0.139. The highest BCUT2D eigenvalue weighted by molar-refractivity contribution is 5.21. The summed E-state index contributed by atoms with van der Waals surface area (Å²) in [6.45, 7) is 0.747. The highest BCUT2D eigenvalue weighted by atomic mass is 19.1. The Morgan fingerprint density at radius 2 is 1.62 bits per heavy atom. The minimum absolute atomic E-state index is 0.139. The first-order chi connectivity index (χ1) is 6.29. The van der Waals surface area contributed by atoms with Gasteiger partial charge in [0.05, 0.1) is 18.8 Å². The van der Waals surface area contributed by atoms with Crippen LogP contribution >= 0.6 is 0 Å². The van der Waals surface area contributed by atoms with Crippen molar-refractivity contribution in [3.05, 3.63) is 35.4 Å². The Morgan fingerprint density at radius 3 is 2.15 bits per heavy atom. The van der Waals surface area contributed by atoms with Crippen LogP contribution in [-0.2, 0) is 9.47 Å². The highest BCUT2D eigenvalue weighted by Crippen LogP contribution is 2.27. The third-order valence-electron chi connectivity index (χ3n) is 1.86. The van der Waals surface area contributed by atoms with Crippen LogP contribution in [0.25, 0.3) is 0 Å². The molecule has 2 rings (SSSR count). The lowest BCUT2D eigenvalue weighted by molar-refractivity contribution is -0.0489. The Kier molecular flexibility index (Phi) is 2.24. The number of rotatable bonds is 1. The van der Waals surface area contributed by atoms with E-state index in [1.807, 2.05) is 0 Å². The van der Waals surface area contributed by atoms with Crippen LogP contribution in [0.3, 0.4) is 0 Å². The predicted molar refractivity (Wildman–Crippen MR) is 41.0 cm³/mol. The lowest BCUT2D eigenvalue weighted by atomic mass is 10.2. The molecule has 0 aromatic heterocycles. The molecule has 0 bridgehead atoms. The van der Waals surface area contributed by atoms with Crippen LogP contribution in [0.5, 0.6) is 0 Å². The van der Waals surface area contributed by atoms with E-state index in [0.29, 0.717) is 13.2 Å². The predicted octanol–water partition coefficient (Wildman–Crippen LogP) is 2.01. The minimum Gasteiger partial charge on any atom is -0.346 e. The monoisotopic (exact) mass is 186 g/mol. The summed E-state index contributed by atoms with van der Waals surface area (Å²) in [4.78, 5) is 0. The molecule has 1 heterocycles. The molecular formula is C9H8F2O2. The molecule has 0 aliphatic carbocycles. The van der Waals surface area contributed by atoms with Gasteiger partial charge in [0.2, 0.25) is 0 Å². The quantitative estimate of drug-likeness (QED) is 0.667. The highest BCUT2D eigenvalue weighted by Gasteiger charge is 2.24. The van der Waals surface area contributed by atoms with Crippen molar-refractivity contribution in [1.82, 2.24) is 0 Å². The van der Waals surface area contributed by atoms with Gasteiger partial charge in [-0.05, 0) is 12.1 Å². The lowest BCUT2D eigenvalue weighted by Gasteiger charge is -2.10. The second kappa shape index (κ2) is 3.40. The summed E-state index contributed by atoms with van der Waals surface area (Å²) in [7, 11) is 0. The van der Waals surface area contributed by atoms with Gasteiger partial charge < -0.3 is 9.47 Å². The third kappa shape index (κ3) is 1.55. The molecule has 0 spiro atoms. The summed E-state index contributed by atoms with van der Waals surface area (Å²) in [6.07, 6.45) is -0.888. The number of ether oxygens (including phenoxy) is 2. The summed E-state index contributed by atoms with van der Waals surface area (Å²) < 4.78 is 36.2. The average molecular weight is 186 g/mol. The van der Waals surface area contributed by atoms with Crippen molar-refractivity contribution in [1.29, 1.82) is 0 Å². The molecule has 0 radical (unpaired) electrons. The van der Waals surface area contributed by atoms with Crippen molar-refractivity contribution in [3.63, 3.8) is 0 Å². The van der Waals surface area contributed by atoms with Gasteiger partial charge in [-0.2, -0.15) is 0 Å². The fourth-order valence-corrected chi connectivity index (χ4v) is 1.26. The molecular weight excluding hydrogens is 178 g/mol. The van der Waals surface area contributed by atoms with E-state index in [1.54, 1.807) is 0 Å². The third-order valence-corrected chi connectivity index (χ3v) is 1.86. The Balaban J connectivity index is 2.37. The fraction of sp³-hybridized carbons (Fsp3) is 0.333. The Morgan fingerprint density at radius 1 is 1.08 bits per heavy atom. The van der Waals surface area contributed by atoms with Crippen molar-refractivity contribution >= 4 is 0 Å². The molecule has 0 unspecified atom stereocenters. The van der Waals surface area contributed by atoms with Crippen LogP contribution in [0.15, 0.2) is 18.2 Å². The normalized spacial score (nSPS) is 18.0. The molecule has 0 amide bonds. The van der Waals surface area contributed by atoms with E-state index in [4.69, 9.17) is 9.47 Å². The first-order valence-electron chi connectivity index (χ1n) is 3.96. The molecule has 0 N–H and O–H groups in total. The van der Waals surface area contributed by atoms with Crippen LogP contribution in [0, 0.1) is 11.6 Å². The van der Waals surface area contributed by atoms with E-state index in [9.17, 15) is 8.78 Å². The maximum absolute atomic E-state index is 13.1. The molecule has 0 saturated carbocycles. The van der Waals surface area contributed by atoms with E-state index < -0.39 is 17.9 Å². The molecule has 2 nitrogen and oxygen atoms in total. The van der Waals surface area contributed by atoms with E-state index in [0.717, 1.165) is 0 Å². The average Bonchev–Trinajstić information content (AvgIpc) is 2.57. The Hall–Kier alpha value is -1.00. The molecule has 1 aliphatic heterocycles. The standard InChI is InChI=1S/C9H8F2O2/c10-6-2-1-3-7(11)8(6)9-12-4-5-13-9/h1-3,9H,4-5H2. The first kappa shape index (κ1) is 8.59. The molecule has 1 fully saturated rings. The zero-order chi connectivity index (χ0) is 9.26. The van der Waals surface area contributed by atoms with E-state index in [1.165, 1.54) is 18.2 Å². The van der Waals surface area contributed by atoms with Gasteiger partial charge in [-0.3, -0.25) is 0 Å². The van der Waals surface area contributed by atoms with Crippen molar-refractivity contribution in [3.8, 4) is 0 Å². The number of hydrogen-bond donors (Lipinski definition) is 0. The molecule has 13 heavy (non-hydrogen) atoms. The second-order valence-electron chi connectivity index (χ2n) is 2.71. The van der Waals surface area contributed by atoms with Gasteiger partial charge >= 0.3 is 0 Å². The van der Waals surface area contributed by atoms with Crippen molar-refractivity contribution in [2.45, 2.75) is 6.29 Å². The van der Waals surface area contributed by atoms with Crippen molar-refractivity contribution in [2.75, 3.05) is 13.2 Å². The number of hydrogen-bond acceptors (Lipinski definition) is 2. The van der Waals surface area contributed by atoms with Crippen LogP contribution in [0.4, 0.5) is 8.78 Å². The zero-order valence-corrected chi connectivity index (χ0v) is 6.80. The molecule has 4 heteroatoms. The summed E-state index contributed by atoms with van der Waals surface area (Å²) in [5, 5.41) is 0. The van der Waals surface area contributed by atoms with Gasteiger partial charge in [0.15, 0.2) is 6.29 Å². The summed E-state index contributed by atoms with van der Waals surface area (Å²) in [5.74, 6) is -1.26. The molecule has 1 aromatic rings. The van der Waals surface area contributed by atoms with E-state index in [2.05, 4.69) is 0 Å². The maximum Gasteiger partial charge on any atom is 0.189 e. The van der Waals surface area contributed by atoms with Crippen LogP contribution in [0.2, 0.25) is 0 Å². The smallest absolute Gasteiger partial charge is 0.189 e. The first-order valence-corrected chi connectivity index (χ1v) is 3.96. The van der Waals surface area contributed by atoms with Gasteiger partial charge in [0.1, 0.15) is 11.6 Å². The molecule has 0 atom stereocenters. The second-order valence-corrected chi connectivity index (χ2v) is 2.71. The van der Waals surface area contributed by atoms with Gasteiger partial charge in [0, 0.05) is 0 Å². The summed E-state index contributed by atoms with van der Waals surface area (Å²) >= 11 is 0. The number of benzene rings is 1. The maximum atomic E-state index is 13.1. The van der Waals surface area contributed by atoms with Crippen molar-refractivity contribution < 1.29 is 18.3 Å². The van der Waals surface area contributed by atoms with Gasteiger partial charge in [-0.1, -0.05) is 6.07 Å². The summed E-state index contributed by atoms with van der Waals surface area (Å²) in [6, 6.07) is 3.68. The van der Waals surface area contributed by atoms with Crippen LogP contribution in [0.1, 0.15) is 11.9 Å². The van der Waals surface area contributed by atoms with Gasteiger partial charge in [0.25, 0.3) is 0 Å². The Labute approximate surface area is 74.1 Å². The number of halogens is 2. The zero-order valence-electron chi connectivity index (χ0n) is 6.80. The van der Waals surface area contributed by atoms with Crippen LogP contribution < -0.4 is 0 Å². The fourth-order valence-electron chi connectivity index (χ4n) is 1.26. The van der Waals surface area contributed by atoms with Gasteiger partial charge in [-0.15, -0.1) is 0 Å². The van der Waals surface area contributed by atoms with Gasteiger partial charge in [-0.25, -0.2) is 8.78 Å². The van der Waals surface area contributed by atoms with Crippen molar-refractivity contribution in [2.24, 2.45) is 0 Å². The molecule has 1 saturated heterocycles. The lowest BCUT2D eigenvalue weighted by Crippen LogP contribution is -2.04. The van der Waals surface area contributed by atoms with E-state index >= 15 is 0 Å². The topological polar surface area (TPSA) is 18.5 Å². The molecule has 70 valence electrons. The van der Waals surface area contributed by atoms with E-state index in [-0.39, 0.29) is 5.56 Å². The minimum atomic E-state index is -0.888. The molecule has 1 aromatic carbocycles. The largest absolute Gasteiger partial charge is 0.346 e. The Bertz CT molecular complexity index is 288. The SMILES string of the molecule is Fc1cccc(F)c1C1OCCO1. The molecule has 1 aliphatic rings. The van der Waals surface area contributed by atoms with Crippen LogP contribution in [-0.4, -0.2) is 13.2 Å².